The number of halogens is 2. The van der Waals surface area contributed by atoms with Crippen LogP contribution < -0.4 is 5.32 Å². The number of benzene rings is 1. The van der Waals surface area contributed by atoms with Crippen molar-refractivity contribution >= 4 is 27.5 Å². The van der Waals surface area contributed by atoms with E-state index in [9.17, 15) is 0 Å². The van der Waals surface area contributed by atoms with Gasteiger partial charge in [0.2, 0.25) is 0 Å². The molecule has 84 valence electrons. The molecule has 1 N–H and O–H groups in total. The fraction of sp³-hybridized carbons (Fsp3) is 0.182. The van der Waals surface area contributed by atoms with Gasteiger partial charge in [-0.05, 0) is 17.7 Å². The minimum atomic E-state index is 0.645. The largest absolute Gasteiger partial charge is 0.360 e. The van der Waals surface area contributed by atoms with Crippen molar-refractivity contribution in [1.82, 2.24) is 10.5 Å². The van der Waals surface area contributed by atoms with E-state index >= 15 is 0 Å². The Bertz CT molecular complexity index is 459. The highest BCUT2D eigenvalue weighted by Gasteiger charge is 2.01. The Morgan fingerprint density at radius 1 is 1.31 bits per heavy atom. The number of hydrogen-bond donors (Lipinski definition) is 1. The molecule has 0 saturated heterocycles. The quantitative estimate of drug-likeness (QED) is 0.941. The lowest BCUT2D eigenvalue weighted by Gasteiger charge is -2.05. The Hall–Kier alpha value is -0.840. The van der Waals surface area contributed by atoms with Crippen LogP contribution in [0.25, 0.3) is 0 Å². The molecule has 0 unspecified atom stereocenters. The number of nitrogens with zero attached hydrogens (tertiary/aromatic N) is 1. The van der Waals surface area contributed by atoms with Gasteiger partial charge in [0.15, 0.2) is 0 Å². The Labute approximate surface area is 107 Å². The average molecular weight is 302 g/mol. The van der Waals surface area contributed by atoms with Gasteiger partial charge in [0.05, 0.1) is 12.7 Å². The summed E-state index contributed by atoms with van der Waals surface area (Å²) >= 11 is 9.45. The molecule has 1 aromatic carbocycles. The molecule has 0 bridgehead atoms. The van der Waals surface area contributed by atoms with Gasteiger partial charge >= 0.3 is 0 Å². The smallest absolute Gasteiger partial charge is 0.150 e. The van der Waals surface area contributed by atoms with Crippen LogP contribution in [0, 0.1) is 0 Å². The zero-order valence-corrected chi connectivity index (χ0v) is 10.8. The van der Waals surface area contributed by atoms with Gasteiger partial charge in [0.25, 0.3) is 0 Å². The van der Waals surface area contributed by atoms with Gasteiger partial charge in [0.1, 0.15) is 5.76 Å². The van der Waals surface area contributed by atoms with Crippen LogP contribution in [0.1, 0.15) is 11.3 Å². The van der Waals surface area contributed by atoms with E-state index in [0.29, 0.717) is 13.1 Å². The van der Waals surface area contributed by atoms with Crippen molar-refractivity contribution in [2.75, 3.05) is 0 Å². The molecule has 3 nitrogen and oxygen atoms in total. The Morgan fingerprint density at radius 2 is 2.19 bits per heavy atom. The molecule has 0 saturated carbocycles. The maximum absolute atomic E-state index is 6.08. The van der Waals surface area contributed by atoms with Crippen molar-refractivity contribution in [3.8, 4) is 0 Å². The lowest BCUT2D eigenvalue weighted by Crippen LogP contribution is -2.12. The van der Waals surface area contributed by atoms with E-state index in [1.54, 1.807) is 6.20 Å². The summed E-state index contributed by atoms with van der Waals surface area (Å²) < 4.78 is 5.95. The second kappa shape index (κ2) is 5.48. The highest BCUT2D eigenvalue weighted by Crippen LogP contribution is 2.21. The lowest BCUT2D eigenvalue weighted by molar-refractivity contribution is 0.373. The first-order valence-corrected chi connectivity index (χ1v) is 5.97. The fourth-order valence-electron chi connectivity index (χ4n) is 1.32. The van der Waals surface area contributed by atoms with E-state index in [0.717, 1.165) is 20.8 Å². The van der Waals surface area contributed by atoms with E-state index in [1.165, 1.54) is 0 Å². The Kier molecular flexibility index (Phi) is 3.98. The minimum absolute atomic E-state index is 0.645. The molecule has 1 heterocycles. The maximum Gasteiger partial charge on any atom is 0.150 e. The summed E-state index contributed by atoms with van der Waals surface area (Å²) in [5.41, 5.74) is 1.06. The molecule has 0 spiro atoms. The number of rotatable bonds is 4. The van der Waals surface area contributed by atoms with Crippen molar-refractivity contribution < 1.29 is 4.52 Å². The normalized spacial score (nSPS) is 10.6. The summed E-state index contributed by atoms with van der Waals surface area (Å²) in [5.74, 6) is 0.813. The first-order chi connectivity index (χ1) is 7.75. The molecule has 2 rings (SSSR count). The Morgan fingerprint density at radius 3 is 2.88 bits per heavy atom. The van der Waals surface area contributed by atoms with Crippen molar-refractivity contribution in [2.45, 2.75) is 13.1 Å². The lowest BCUT2D eigenvalue weighted by atomic mass is 10.2. The molecule has 0 aliphatic rings. The predicted molar refractivity (Wildman–Crippen MR) is 66.2 cm³/mol. The van der Waals surface area contributed by atoms with Crippen LogP contribution in [-0.2, 0) is 13.1 Å². The summed E-state index contributed by atoms with van der Waals surface area (Å²) in [7, 11) is 0. The highest BCUT2D eigenvalue weighted by atomic mass is 79.9. The van der Waals surface area contributed by atoms with E-state index in [4.69, 9.17) is 16.1 Å². The molecule has 0 radical (unpaired) electrons. The fourth-order valence-corrected chi connectivity index (χ4v) is 2.06. The third-order valence-electron chi connectivity index (χ3n) is 2.12. The van der Waals surface area contributed by atoms with Gasteiger partial charge < -0.3 is 9.84 Å². The maximum atomic E-state index is 6.08. The first-order valence-electron chi connectivity index (χ1n) is 4.80. The van der Waals surface area contributed by atoms with Gasteiger partial charge in [-0.25, -0.2) is 0 Å². The topological polar surface area (TPSA) is 38.1 Å². The van der Waals surface area contributed by atoms with Crippen LogP contribution in [0.2, 0.25) is 5.02 Å². The summed E-state index contributed by atoms with van der Waals surface area (Å²) in [4.78, 5) is 0. The molecule has 5 heteroatoms. The molecule has 2 aromatic rings. The monoisotopic (exact) mass is 300 g/mol. The minimum Gasteiger partial charge on any atom is -0.360 e. The number of nitrogens with one attached hydrogen (secondary N) is 1. The van der Waals surface area contributed by atoms with E-state index in [1.807, 2.05) is 24.3 Å². The Balaban J connectivity index is 1.90. The van der Waals surface area contributed by atoms with E-state index in [2.05, 4.69) is 26.4 Å². The van der Waals surface area contributed by atoms with Crippen molar-refractivity contribution in [2.24, 2.45) is 0 Å². The third kappa shape index (κ3) is 3.07. The van der Waals surface area contributed by atoms with Gasteiger partial charge in [0, 0.05) is 22.1 Å². The molecule has 16 heavy (non-hydrogen) atoms. The predicted octanol–water partition coefficient (Wildman–Crippen LogP) is 3.38. The van der Waals surface area contributed by atoms with Gasteiger partial charge in [-0.3, -0.25) is 0 Å². The summed E-state index contributed by atoms with van der Waals surface area (Å²) in [6, 6.07) is 7.67. The number of aromatic nitrogens is 1. The highest BCUT2D eigenvalue weighted by molar-refractivity contribution is 9.10. The first kappa shape index (κ1) is 11.6. The van der Waals surface area contributed by atoms with Gasteiger partial charge in [-0.1, -0.05) is 38.8 Å². The second-order valence-electron chi connectivity index (χ2n) is 3.32. The van der Waals surface area contributed by atoms with Crippen molar-refractivity contribution in [3.63, 3.8) is 0 Å². The second-order valence-corrected chi connectivity index (χ2v) is 4.64. The van der Waals surface area contributed by atoms with Crippen LogP contribution in [0.4, 0.5) is 0 Å². The third-order valence-corrected chi connectivity index (χ3v) is 2.97. The van der Waals surface area contributed by atoms with E-state index in [-0.39, 0.29) is 0 Å². The molecule has 0 atom stereocenters. The van der Waals surface area contributed by atoms with Gasteiger partial charge in [-0.15, -0.1) is 0 Å². The zero-order chi connectivity index (χ0) is 11.4. The van der Waals surface area contributed by atoms with Crippen LogP contribution in [0.15, 0.2) is 39.5 Å². The number of hydrogen-bond acceptors (Lipinski definition) is 3. The molecule has 0 amide bonds. The molecular weight excluding hydrogens is 291 g/mol. The standard InChI is InChI=1S/C11H10BrClN2O/c12-9-2-1-8(11(13)5-9)6-14-7-10-3-4-15-16-10/h1-5,14H,6-7H2. The molecular formula is C11H10BrClN2O. The molecule has 0 aliphatic carbocycles. The SMILES string of the molecule is Clc1cc(Br)ccc1CNCc1ccno1. The summed E-state index contributed by atoms with van der Waals surface area (Å²) in [6.45, 7) is 1.35. The van der Waals surface area contributed by atoms with Crippen LogP contribution in [0.3, 0.4) is 0 Å². The molecule has 0 aliphatic heterocycles. The van der Waals surface area contributed by atoms with Crippen molar-refractivity contribution in [3.05, 3.63) is 51.3 Å². The van der Waals surface area contributed by atoms with Crippen LogP contribution in [-0.4, -0.2) is 5.16 Å². The average Bonchev–Trinajstić information content (AvgIpc) is 2.74. The van der Waals surface area contributed by atoms with E-state index < -0.39 is 0 Å². The van der Waals surface area contributed by atoms with Crippen LogP contribution in [0.5, 0.6) is 0 Å². The van der Waals surface area contributed by atoms with Crippen LogP contribution >= 0.6 is 27.5 Å². The van der Waals surface area contributed by atoms with Crippen molar-refractivity contribution in [1.29, 1.82) is 0 Å². The molecule has 0 fully saturated rings. The summed E-state index contributed by atoms with van der Waals surface area (Å²) in [6.07, 6.45) is 1.63. The zero-order valence-electron chi connectivity index (χ0n) is 8.41. The van der Waals surface area contributed by atoms with Gasteiger partial charge in [-0.2, -0.15) is 0 Å². The summed E-state index contributed by atoms with van der Waals surface area (Å²) in [5, 5.41) is 7.61. The molecule has 1 aromatic heterocycles.